The summed E-state index contributed by atoms with van der Waals surface area (Å²) in [6.45, 7) is 4.08. The van der Waals surface area contributed by atoms with Crippen LogP contribution in [0, 0.1) is 0 Å². The van der Waals surface area contributed by atoms with Crippen LogP contribution in [0.3, 0.4) is 0 Å². The first-order valence-corrected chi connectivity index (χ1v) is 7.19. The molecule has 0 bridgehead atoms. The average molecular weight is 316 g/mol. The van der Waals surface area contributed by atoms with Gasteiger partial charge in [0.05, 0.1) is 8.66 Å². The minimum Gasteiger partial charge on any atom is -0.420 e. The number of aromatic nitrogens is 2. The second kappa shape index (κ2) is 6.28. The molecule has 1 N–H and O–H groups in total. The van der Waals surface area contributed by atoms with E-state index in [2.05, 4.69) is 38.4 Å². The Balaban J connectivity index is 1.92. The van der Waals surface area contributed by atoms with Crippen LogP contribution in [0.4, 0.5) is 0 Å². The van der Waals surface area contributed by atoms with Crippen molar-refractivity contribution in [3.05, 3.63) is 21.8 Å². The molecule has 0 saturated carbocycles. The van der Waals surface area contributed by atoms with Crippen molar-refractivity contribution in [2.24, 2.45) is 0 Å². The van der Waals surface area contributed by atoms with E-state index in [4.69, 9.17) is 4.42 Å². The highest BCUT2D eigenvalue weighted by Gasteiger charge is 2.10. The molecule has 92 valence electrons. The molecule has 2 rings (SSSR count). The fourth-order valence-electron chi connectivity index (χ4n) is 1.42. The summed E-state index contributed by atoms with van der Waals surface area (Å²) in [5, 5.41) is 11.4. The van der Waals surface area contributed by atoms with Crippen molar-refractivity contribution in [1.82, 2.24) is 15.5 Å². The molecular weight excluding hydrogens is 302 g/mol. The highest BCUT2D eigenvalue weighted by atomic mass is 79.9. The van der Waals surface area contributed by atoms with Crippen molar-refractivity contribution in [3.63, 3.8) is 0 Å². The van der Waals surface area contributed by atoms with E-state index in [1.807, 2.05) is 12.1 Å². The summed E-state index contributed by atoms with van der Waals surface area (Å²) in [7, 11) is 0. The first kappa shape index (κ1) is 12.7. The molecule has 0 radical (unpaired) electrons. The molecule has 4 nitrogen and oxygen atoms in total. The number of aryl methyl sites for hydroxylation is 1. The SMILES string of the molecule is CCNCCCc1nnc(-c2ccc(Br)s2)o1. The summed E-state index contributed by atoms with van der Waals surface area (Å²) in [6.07, 6.45) is 1.84. The highest BCUT2D eigenvalue weighted by molar-refractivity contribution is 9.11. The minimum absolute atomic E-state index is 0.610. The molecule has 0 aliphatic rings. The van der Waals surface area contributed by atoms with Crippen LogP contribution < -0.4 is 5.32 Å². The van der Waals surface area contributed by atoms with E-state index in [1.165, 1.54) is 0 Å². The number of hydrogen-bond donors (Lipinski definition) is 1. The second-order valence-corrected chi connectivity index (χ2v) is 6.02. The number of nitrogens with one attached hydrogen (secondary N) is 1. The first-order chi connectivity index (χ1) is 8.29. The maximum atomic E-state index is 5.60. The Morgan fingerprint density at radius 3 is 3.00 bits per heavy atom. The molecule has 0 fully saturated rings. The largest absolute Gasteiger partial charge is 0.420 e. The van der Waals surface area contributed by atoms with Gasteiger partial charge in [-0.15, -0.1) is 21.5 Å². The quantitative estimate of drug-likeness (QED) is 0.832. The average Bonchev–Trinajstić information content (AvgIpc) is 2.93. The summed E-state index contributed by atoms with van der Waals surface area (Å²) < 4.78 is 6.67. The molecule has 6 heteroatoms. The van der Waals surface area contributed by atoms with Crippen molar-refractivity contribution in [3.8, 4) is 10.8 Å². The second-order valence-electron chi connectivity index (χ2n) is 3.56. The first-order valence-electron chi connectivity index (χ1n) is 5.58. The van der Waals surface area contributed by atoms with E-state index in [-0.39, 0.29) is 0 Å². The van der Waals surface area contributed by atoms with Crippen LogP contribution in [0.2, 0.25) is 0 Å². The van der Waals surface area contributed by atoms with Gasteiger partial charge in [-0.25, -0.2) is 0 Å². The van der Waals surface area contributed by atoms with Gasteiger partial charge in [-0.3, -0.25) is 0 Å². The zero-order valence-corrected chi connectivity index (χ0v) is 12.0. The third-order valence-corrected chi connectivity index (χ3v) is 3.86. The van der Waals surface area contributed by atoms with Crippen LogP contribution in [-0.2, 0) is 6.42 Å². The summed E-state index contributed by atoms with van der Waals surface area (Å²) in [5.74, 6) is 1.32. The molecule has 0 aromatic carbocycles. The molecule has 0 atom stereocenters. The fourth-order valence-corrected chi connectivity index (χ4v) is 2.73. The molecule has 2 heterocycles. The third-order valence-electron chi connectivity index (χ3n) is 2.25. The Morgan fingerprint density at radius 2 is 2.29 bits per heavy atom. The maximum absolute atomic E-state index is 5.60. The van der Waals surface area contributed by atoms with Crippen molar-refractivity contribution in [2.75, 3.05) is 13.1 Å². The normalized spacial score (nSPS) is 10.9. The number of rotatable bonds is 6. The van der Waals surface area contributed by atoms with Crippen molar-refractivity contribution in [2.45, 2.75) is 19.8 Å². The Hall–Kier alpha value is -0.720. The fraction of sp³-hybridized carbons (Fsp3) is 0.455. The molecular formula is C11H14BrN3OS. The predicted octanol–water partition coefficient (Wildman–Crippen LogP) is 3.10. The molecule has 2 aromatic heterocycles. The molecule has 17 heavy (non-hydrogen) atoms. The standard InChI is InChI=1S/C11H14BrN3OS/c1-2-13-7-3-4-10-14-15-11(16-10)8-5-6-9(12)17-8/h5-6,13H,2-4,7H2,1H3. The lowest BCUT2D eigenvalue weighted by Crippen LogP contribution is -2.14. The predicted molar refractivity (Wildman–Crippen MR) is 72.2 cm³/mol. The highest BCUT2D eigenvalue weighted by Crippen LogP contribution is 2.30. The van der Waals surface area contributed by atoms with Gasteiger partial charge in [-0.1, -0.05) is 6.92 Å². The Morgan fingerprint density at radius 1 is 1.41 bits per heavy atom. The van der Waals surface area contributed by atoms with Gasteiger partial charge in [-0.2, -0.15) is 0 Å². The van der Waals surface area contributed by atoms with Crippen LogP contribution in [0.5, 0.6) is 0 Å². The lowest BCUT2D eigenvalue weighted by Gasteiger charge is -1.97. The molecule has 0 spiro atoms. The van der Waals surface area contributed by atoms with Crippen LogP contribution >= 0.6 is 27.3 Å². The van der Waals surface area contributed by atoms with Gasteiger partial charge in [0.2, 0.25) is 5.89 Å². The van der Waals surface area contributed by atoms with Gasteiger partial charge in [0.1, 0.15) is 0 Å². The van der Waals surface area contributed by atoms with Gasteiger partial charge >= 0.3 is 0 Å². The molecule has 0 aliphatic heterocycles. The zero-order valence-electron chi connectivity index (χ0n) is 9.57. The maximum Gasteiger partial charge on any atom is 0.257 e. The summed E-state index contributed by atoms with van der Waals surface area (Å²) >= 11 is 5.01. The minimum atomic E-state index is 0.610. The molecule has 2 aromatic rings. The van der Waals surface area contributed by atoms with E-state index in [0.29, 0.717) is 11.8 Å². The Kier molecular flexibility index (Phi) is 4.70. The van der Waals surface area contributed by atoms with E-state index >= 15 is 0 Å². The summed E-state index contributed by atoms with van der Waals surface area (Å²) in [6, 6.07) is 3.96. The van der Waals surface area contributed by atoms with E-state index < -0.39 is 0 Å². The van der Waals surface area contributed by atoms with Crippen LogP contribution in [0.1, 0.15) is 19.2 Å². The Bertz CT molecular complexity index is 469. The molecule has 0 unspecified atom stereocenters. The zero-order chi connectivity index (χ0) is 12.1. The smallest absolute Gasteiger partial charge is 0.257 e. The van der Waals surface area contributed by atoms with Gasteiger partial charge in [-0.05, 0) is 47.6 Å². The number of halogens is 1. The van der Waals surface area contributed by atoms with Crippen LogP contribution in [0.15, 0.2) is 20.3 Å². The number of hydrogen-bond acceptors (Lipinski definition) is 5. The molecule has 0 saturated heterocycles. The summed E-state index contributed by atoms with van der Waals surface area (Å²) in [4.78, 5) is 1.00. The van der Waals surface area contributed by atoms with Crippen molar-refractivity contribution in [1.29, 1.82) is 0 Å². The van der Waals surface area contributed by atoms with E-state index in [9.17, 15) is 0 Å². The van der Waals surface area contributed by atoms with E-state index in [0.717, 1.165) is 34.6 Å². The lowest BCUT2D eigenvalue weighted by molar-refractivity contribution is 0.493. The molecule has 0 amide bonds. The van der Waals surface area contributed by atoms with E-state index in [1.54, 1.807) is 11.3 Å². The van der Waals surface area contributed by atoms with Crippen LogP contribution in [0.25, 0.3) is 10.8 Å². The van der Waals surface area contributed by atoms with Crippen molar-refractivity contribution < 1.29 is 4.42 Å². The monoisotopic (exact) mass is 315 g/mol. The summed E-state index contributed by atoms with van der Waals surface area (Å²) in [5.41, 5.74) is 0. The number of nitrogens with zero attached hydrogens (tertiary/aromatic N) is 2. The van der Waals surface area contributed by atoms with Gasteiger partial charge in [0.25, 0.3) is 5.89 Å². The van der Waals surface area contributed by atoms with Gasteiger partial charge < -0.3 is 9.73 Å². The van der Waals surface area contributed by atoms with Crippen molar-refractivity contribution >= 4 is 27.3 Å². The molecule has 0 aliphatic carbocycles. The van der Waals surface area contributed by atoms with Gasteiger partial charge in [0, 0.05) is 6.42 Å². The number of thiophene rings is 1. The lowest BCUT2D eigenvalue weighted by atomic mass is 10.3. The third kappa shape index (κ3) is 3.62. The Labute approximate surface area is 113 Å². The topological polar surface area (TPSA) is 51.0 Å². The van der Waals surface area contributed by atoms with Crippen LogP contribution in [-0.4, -0.2) is 23.3 Å². The van der Waals surface area contributed by atoms with Gasteiger partial charge in [0.15, 0.2) is 0 Å².